The molecule has 1 saturated carbocycles. The van der Waals surface area contributed by atoms with Gasteiger partial charge < -0.3 is 19.6 Å². The molecule has 170 valence electrons. The second kappa shape index (κ2) is 8.94. The number of carboxylic acid groups (broad SMARTS) is 1. The summed E-state index contributed by atoms with van der Waals surface area (Å²) in [6, 6.07) is 6.86. The maximum atomic E-state index is 13.7. The van der Waals surface area contributed by atoms with Crippen molar-refractivity contribution in [2.75, 3.05) is 6.61 Å². The molecule has 0 bridgehead atoms. The molecule has 0 radical (unpaired) electrons. The van der Waals surface area contributed by atoms with E-state index in [1.807, 2.05) is 6.20 Å². The van der Waals surface area contributed by atoms with Gasteiger partial charge in [0, 0.05) is 23.2 Å². The summed E-state index contributed by atoms with van der Waals surface area (Å²) in [6.07, 6.45) is 2.89. The van der Waals surface area contributed by atoms with Gasteiger partial charge in [0.1, 0.15) is 17.1 Å². The molecule has 1 fully saturated rings. The van der Waals surface area contributed by atoms with Gasteiger partial charge in [-0.05, 0) is 48.6 Å². The minimum atomic E-state index is -4.78. The van der Waals surface area contributed by atoms with Crippen LogP contribution in [0.15, 0.2) is 36.5 Å². The number of aliphatic carboxylic acids is 1. The molecule has 32 heavy (non-hydrogen) atoms. The van der Waals surface area contributed by atoms with Gasteiger partial charge in [-0.15, -0.1) is 0 Å². The molecule has 9 heteroatoms. The lowest BCUT2D eigenvalue weighted by Crippen LogP contribution is -2.12. The molecule has 0 aliphatic heterocycles. The summed E-state index contributed by atoms with van der Waals surface area (Å²) >= 11 is 6.10. The van der Waals surface area contributed by atoms with E-state index in [-0.39, 0.29) is 16.5 Å². The second-order valence-electron chi connectivity index (χ2n) is 7.85. The van der Waals surface area contributed by atoms with Crippen LogP contribution in [0.3, 0.4) is 0 Å². The molecular formula is C23H21ClF3NO4. The van der Waals surface area contributed by atoms with Crippen LogP contribution < -0.4 is 9.47 Å². The fraction of sp³-hybridized carbons (Fsp3) is 0.348. The van der Waals surface area contributed by atoms with Gasteiger partial charge >= 0.3 is 12.1 Å². The van der Waals surface area contributed by atoms with Crippen LogP contribution in [-0.2, 0) is 11.0 Å². The highest BCUT2D eigenvalue weighted by Crippen LogP contribution is 2.45. The van der Waals surface area contributed by atoms with Gasteiger partial charge in [-0.1, -0.05) is 30.9 Å². The topological polar surface area (TPSA) is 71.6 Å². The van der Waals surface area contributed by atoms with Crippen molar-refractivity contribution in [2.24, 2.45) is 0 Å². The number of H-pyrrole nitrogens is 1. The first kappa shape index (κ1) is 22.3. The maximum absolute atomic E-state index is 13.7. The minimum Gasteiger partial charge on any atom is -0.482 e. The molecular weight excluding hydrogens is 447 g/mol. The first-order valence-electron chi connectivity index (χ1n) is 10.3. The number of hydrogen-bond donors (Lipinski definition) is 2. The van der Waals surface area contributed by atoms with Crippen LogP contribution in [-0.4, -0.2) is 22.7 Å². The number of alkyl halides is 3. The molecule has 1 aliphatic carbocycles. The lowest BCUT2D eigenvalue weighted by molar-refractivity contribution is -0.139. The number of hydrogen-bond acceptors (Lipinski definition) is 3. The van der Waals surface area contributed by atoms with E-state index in [0.717, 1.165) is 48.2 Å². The van der Waals surface area contributed by atoms with Crippen LogP contribution in [0.4, 0.5) is 13.2 Å². The van der Waals surface area contributed by atoms with Crippen LogP contribution in [0, 0.1) is 0 Å². The zero-order valence-corrected chi connectivity index (χ0v) is 17.7. The Morgan fingerprint density at radius 1 is 1.12 bits per heavy atom. The lowest BCUT2D eigenvalue weighted by atomic mass is 9.84. The predicted molar refractivity (Wildman–Crippen MR) is 114 cm³/mol. The van der Waals surface area contributed by atoms with Gasteiger partial charge in [0.25, 0.3) is 0 Å². The zero-order valence-electron chi connectivity index (χ0n) is 17.0. The monoisotopic (exact) mass is 467 g/mol. The number of rotatable bonds is 6. The van der Waals surface area contributed by atoms with E-state index >= 15 is 0 Å². The average molecular weight is 468 g/mol. The number of ether oxygens (including phenoxy) is 2. The van der Waals surface area contributed by atoms with E-state index in [1.165, 1.54) is 6.42 Å². The fourth-order valence-electron chi connectivity index (χ4n) is 4.17. The molecule has 5 nitrogen and oxygen atoms in total. The highest BCUT2D eigenvalue weighted by molar-refractivity contribution is 6.32. The number of aromatic nitrogens is 1. The van der Waals surface area contributed by atoms with E-state index in [9.17, 15) is 18.0 Å². The smallest absolute Gasteiger partial charge is 0.420 e. The van der Waals surface area contributed by atoms with Gasteiger partial charge in [0.15, 0.2) is 12.4 Å². The van der Waals surface area contributed by atoms with E-state index in [4.69, 9.17) is 26.2 Å². The van der Waals surface area contributed by atoms with Gasteiger partial charge in [0.2, 0.25) is 0 Å². The molecule has 0 spiro atoms. The highest BCUT2D eigenvalue weighted by atomic mass is 35.5. The normalized spacial score (nSPS) is 15.1. The molecule has 0 atom stereocenters. The van der Waals surface area contributed by atoms with E-state index in [2.05, 4.69) is 4.98 Å². The summed E-state index contributed by atoms with van der Waals surface area (Å²) < 4.78 is 51.6. The Bertz CT molecular complexity index is 1140. The predicted octanol–water partition coefficient (Wildman–Crippen LogP) is 7.14. The summed E-state index contributed by atoms with van der Waals surface area (Å²) in [7, 11) is 0. The van der Waals surface area contributed by atoms with Crippen molar-refractivity contribution in [3.05, 3.63) is 52.7 Å². The Labute approximate surface area is 187 Å². The molecule has 1 heterocycles. The lowest BCUT2D eigenvalue weighted by Gasteiger charge is -2.21. The standard InChI is InChI=1S/C23H21ClF3NO4/c24-19-10-15(31-12-21(29)30)9-18(23(25,26)27)22(19)32-14-6-7-20-16(8-14)17(11-28-20)13-4-2-1-3-5-13/h6-11,13,28H,1-5,12H2,(H,29,30). The number of fused-ring (bicyclic) bond motifs is 1. The van der Waals surface area contributed by atoms with E-state index in [1.54, 1.807) is 18.2 Å². The molecule has 0 saturated heterocycles. The zero-order chi connectivity index (χ0) is 22.9. The summed E-state index contributed by atoms with van der Waals surface area (Å²) in [5, 5.41) is 9.29. The second-order valence-corrected chi connectivity index (χ2v) is 8.26. The molecule has 0 amide bonds. The molecule has 1 aromatic heterocycles. The third kappa shape index (κ3) is 4.80. The molecule has 0 unspecified atom stereocenters. The van der Waals surface area contributed by atoms with E-state index in [0.29, 0.717) is 12.0 Å². The van der Waals surface area contributed by atoms with Crippen molar-refractivity contribution < 1.29 is 32.5 Å². The Balaban J connectivity index is 1.69. The Morgan fingerprint density at radius 2 is 1.88 bits per heavy atom. The molecule has 4 rings (SSSR count). The van der Waals surface area contributed by atoms with Gasteiger partial charge in [0.05, 0.1) is 5.02 Å². The van der Waals surface area contributed by atoms with Crippen molar-refractivity contribution in [2.45, 2.75) is 44.2 Å². The third-order valence-electron chi connectivity index (χ3n) is 5.63. The van der Waals surface area contributed by atoms with Gasteiger partial charge in [-0.25, -0.2) is 4.79 Å². The van der Waals surface area contributed by atoms with Crippen molar-refractivity contribution in [3.63, 3.8) is 0 Å². The minimum absolute atomic E-state index is 0.223. The van der Waals surface area contributed by atoms with E-state index < -0.39 is 30.1 Å². The number of halogens is 4. The van der Waals surface area contributed by atoms with Crippen LogP contribution in [0.2, 0.25) is 5.02 Å². The Hall–Kier alpha value is -2.87. The summed E-state index contributed by atoms with van der Waals surface area (Å²) in [5.41, 5.74) is 0.884. The highest BCUT2D eigenvalue weighted by Gasteiger charge is 2.37. The van der Waals surface area contributed by atoms with Crippen molar-refractivity contribution in [1.29, 1.82) is 0 Å². The van der Waals surface area contributed by atoms with Crippen molar-refractivity contribution >= 4 is 28.5 Å². The SMILES string of the molecule is O=C(O)COc1cc(Cl)c(Oc2ccc3[nH]cc(C4CCCCC4)c3c2)c(C(F)(F)F)c1. The van der Waals surface area contributed by atoms with Crippen LogP contribution in [0.5, 0.6) is 17.2 Å². The largest absolute Gasteiger partial charge is 0.482 e. The summed E-state index contributed by atoms with van der Waals surface area (Å²) in [4.78, 5) is 13.9. The number of aromatic amines is 1. The molecule has 2 aromatic carbocycles. The summed E-state index contributed by atoms with van der Waals surface area (Å²) in [5.74, 6) is -1.55. The molecule has 1 aliphatic rings. The van der Waals surface area contributed by atoms with Gasteiger partial charge in [-0.3, -0.25) is 0 Å². The fourth-order valence-corrected chi connectivity index (χ4v) is 4.41. The number of benzene rings is 2. The molecule has 2 N–H and O–H groups in total. The quantitative estimate of drug-likeness (QED) is 0.404. The van der Waals surface area contributed by atoms with Crippen LogP contribution in [0.25, 0.3) is 10.9 Å². The molecule has 3 aromatic rings. The first-order valence-corrected chi connectivity index (χ1v) is 10.6. The maximum Gasteiger partial charge on any atom is 0.420 e. The average Bonchev–Trinajstić information content (AvgIpc) is 3.17. The van der Waals surface area contributed by atoms with Crippen molar-refractivity contribution in [3.8, 4) is 17.2 Å². The summed E-state index contributed by atoms with van der Waals surface area (Å²) in [6.45, 7) is -0.790. The Kier molecular flexibility index (Phi) is 6.24. The number of nitrogens with one attached hydrogen (secondary N) is 1. The number of carboxylic acids is 1. The third-order valence-corrected chi connectivity index (χ3v) is 5.92. The van der Waals surface area contributed by atoms with Crippen LogP contribution >= 0.6 is 11.6 Å². The van der Waals surface area contributed by atoms with Crippen LogP contribution in [0.1, 0.15) is 49.1 Å². The Morgan fingerprint density at radius 3 is 2.56 bits per heavy atom. The number of carbonyl (C=O) groups is 1. The van der Waals surface area contributed by atoms with Crippen molar-refractivity contribution in [1.82, 2.24) is 4.98 Å². The first-order chi connectivity index (χ1) is 15.2. The van der Waals surface area contributed by atoms with Gasteiger partial charge in [-0.2, -0.15) is 13.2 Å².